The molecule has 1 aromatic carbocycles. The van der Waals surface area contributed by atoms with Crippen LogP contribution < -0.4 is 15.5 Å². The number of halogens is 3. The third kappa shape index (κ3) is 5.52. The van der Waals surface area contributed by atoms with Crippen LogP contribution in [0.3, 0.4) is 0 Å². The highest BCUT2D eigenvalue weighted by molar-refractivity contribution is 9.10. The van der Waals surface area contributed by atoms with Gasteiger partial charge in [0, 0.05) is 36.1 Å². The summed E-state index contributed by atoms with van der Waals surface area (Å²) < 4.78 is 1.12. The molecule has 2 saturated heterocycles. The maximum Gasteiger partial charge on any atom is 0.221 e. The van der Waals surface area contributed by atoms with E-state index in [0.717, 1.165) is 36.9 Å². The minimum absolute atomic E-state index is 0. The molecule has 0 aromatic heterocycles. The van der Waals surface area contributed by atoms with Crippen molar-refractivity contribution in [2.24, 2.45) is 0 Å². The quantitative estimate of drug-likeness (QED) is 0.780. The molecule has 0 spiro atoms. The van der Waals surface area contributed by atoms with Gasteiger partial charge in [-0.25, -0.2) is 0 Å². The average molecular weight is 425 g/mol. The zero-order valence-electron chi connectivity index (χ0n) is 13.0. The van der Waals surface area contributed by atoms with Gasteiger partial charge in [-0.15, -0.1) is 24.8 Å². The molecule has 2 aliphatic rings. The molecule has 2 N–H and O–H groups in total. The Bertz CT molecular complexity index is 512. The summed E-state index contributed by atoms with van der Waals surface area (Å²) in [6, 6.07) is 8.91. The van der Waals surface area contributed by atoms with Crippen molar-refractivity contribution >= 4 is 52.3 Å². The molecule has 2 aliphatic heterocycles. The van der Waals surface area contributed by atoms with Gasteiger partial charge in [-0.05, 0) is 53.9 Å². The predicted molar refractivity (Wildman–Crippen MR) is 103 cm³/mol. The van der Waals surface area contributed by atoms with Crippen molar-refractivity contribution in [1.29, 1.82) is 0 Å². The molecule has 7 heteroatoms. The van der Waals surface area contributed by atoms with E-state index in [2.05, 4.69) is 49.7 Å². The number of hydrogen-bond acceptors (Lipinski definition) is 3. The van der Waals surface area contributed by atoms with Crippen LogP contribution in [-0.2, 0) is 4.79 Å². The fourth-order valence-electron chi connectivity index (χ4n) is 3.25. The molecule has 0 radical (unpaired) electrons. The van der Waals surface area contributed by atoms with Gasteiger partial charge in [0.1, 0.15) is 0 Å². The van der Waals surface area contributed by atoms with Gasteiger partial charge in [-0.1, -0.05) is 12.1 Å². The molecular formula is C16H24BrCl2N3O. The van der Waals surface area contributed by atoms with E-state index >= 15 is 0 Å². The number of para-hydroxylation sites is 1. The van der Waals surface area contributed by atoms with Crippen LogP contribution in [0.1, 0.15) is 25.7 Å². The van der Waals surface area contributed by atoms with E-state index in [1.54, 1.807) is 0 Å². The lowest BCUT2D eigenvalue weighted by Gasteiger charge is -2.20. The Labute approximate surface area is 158 Å². The lowest BCUT2D eigenvalue weighted by Crippen LogP contribution is -2.39. The molecule has 2 heterocycles. The smallest absolute Gasteiger partial charge is 0.221 e. The SMILES string of the molecule is Cl.Cl.O=C(CC1CCCN1)NC1CCN(c2ccccc2Br)C1. The highest BCUT2D eigenvalue weighted by atomic mass is 79.9. The van der Waals surface area contributed by atoms with Crippen molar-refractivity contribution in [3.63, 3.8) is 0 Å². The first kappa shape index (κ1) is 20.6. The topological polar surface area (TPSA) is 44.4 Å². The molecule has 1 aromatic rings. The van der Waals surface area contributed by atoms with Gasteiger partial charge in [0.15, 0.2) is 0 Å². The number of rotatable bonds is 4. The molecule has 2 atom stereocenters. The number of benzene rings is 1. The summed E-state index contributed by atoms with van der Waals surface area (Å²) >= 11 is 3.60. The monoisotopic (exact) mass is 423 g/mol. The minimum Gasteiger partial charge on any atom is -0.368 e. The Kier molecular flexibility index (Phi) is 8.69. The Hall–Kier alpha value is -0.490. The van der Waals surface area contributed by atoms with E-state index in [4.69, 9.17) is 0 Å². The summed E-state index contributed by atoms with van der Waals surface area (Å²) in [5.74, 6) is 0.188. The normalized spacial score (nSPS) is 23.1. The van der Waals surface area contributed by atoms with Crippen molar-refractivity contribution in [1.82, 2.24) is 10.6 Å². The van der Waals surface area contributed by atoms with Crippen molar-refractivity contribution in [2.75, 3.05) is 24.5 Å². The van der Waals surface area contributed by atoms with E-state index < -0.39 is 0 Å². The summed E-state index contributed by atoms with van der Waals surface area (Å²) in [6.45, 7) is 2.94. The summed E-state index contributed by atoms with van der Waals surface area (Å²) in [5, 5.41) is 6.57. The van der Waals surface area contributed by atoms with E-state index in [1.165, 1.54) is 12.1 Å². The summed E-state index contributed by atoms with van der Waals surface area (Å²) in [7, 11) is 0. The van der Waals surface area contributed by atoms with Crippen LogP contribution in [0.2, 0.25) is 0 Å². The van der Waals surface area contributed by atoms with Crippen molar-refractivity contribution < 1.29 is 4.79 Å². The zero-order chi connectivity index (χ0) is 14.7. The van der Waals surface area contributed by atoms with Crippen LogP contribution in [0, 0.1) is 0 Å². The summed E-state index contributed by atoms with van der Waals surface area (Å²) in [4.78, 5) is 14.4. The number of carbonyl (C=O) groups excluding carboxylic acids is 1. The first-order valence-corrected chi connectivity index (χ1v) is 8.54. The molecule has 23 heavy (non-hydrogen) atoms. The summed E-state index contributed by atoms with van der Waals surface area (Å²) in [6.07, 6.45) is 3.95. The van der Waals surface area contributed by atoms with Crippen LogP contribution in [0.4, 0.5) is 5.69 Å². The lowest BCUT2D eigenvalue weighted by molar-refractivity contribution is -0.122. The van der Waals surface area contributed by atoms with Gasteiger partial charge in [0.25, 0.3) is 0 Å². The zero-order valence-corrected chi connectivity index (χ0v) is 16.2. The number of nitrogens with zero attached hydrogens (tertiary/aromatic N) is 1. The molecule has 1 amide bonds. The average Bonchev–Trinajstić information content (AvgIpc) is 3.11. The second kappa shape index (κ2) is 9.72. The first-order valence-electron chi connectivity index (χ1n) is 7.74. The molecule has 3 rings (SSSR count). The first-order chi connectivity index (χ1) is 10.2. The maximum atomic E-state index is 12.1. The second-order valence-corrected chi connectivity index (χ2v) is 6.80. The number of nitrogens with one attached hydrogen (secondary N) is 2. The molecule has 130 valence electrons. The van der Waals surface area contributed by atoms with Gasteiger partial charge in [-0.2, -0.15) is 0 Å². The van der Waals surface area contributed by atoms with Crippen LogP contribution in [0.5, 0.6) is 0 Å². The second-order valence-electron chi connectivity index (χ2n) is 5.95. The fourth-order valence-corrected chi connectivity index (χ4v) is 3.78. The molecule has 0 aliphatic carbocycles. The predicted octanol–water partition coefficient (Wildman–Crippen LogP) is 3.13. The van der Waals surface area contributed by atoms with Crippen LogP contribution >= 0.6 is 40.7 Å². The maximum absolute atomic E-state index is 12.1. The van der Waals surface area contributed by atoms with E-state index in [1.807, 2.05) is 6.07 Å². The van der Waals surface area contributed by atoms with Gasteiger partial charge in [-0.3, -0.25) is 4.79 Å². The Morgan fingerprint density at radius 3 is 2.78 bits per heavy atom. The van der Waals surface area contributed by atoms with E-state index in [9.17, 15) is 4.79 Å². The number of hydrogen-bond donors (Lipinski definition) is 2. The van der Waals surface area contributed by atoms with E-state index in [-0.39, 0.29) is 36.8 Å². The van der Waals surface area contributed by atoms with Crippen LogP contribution in [-0.4, -0.2) is 37.6 Å². The Morgan fingerprint density at radius 2 is 2.09 bits per heavy atom. The van der Waals surface area contributed by atoms with Crippen molar-refractivity contribution in [2.45, 2.75) is 37.8 Å². The number of anilines is 1. The Balaban J connectivity index is 0.00000132. The molecule has 0 saturated carbocycles. The summed E-state index contributed by atoms with van der Waals surface area (Å²) in [5.41, 5.74) is 1.21. The molecule has 2 fully saturated rings. The van der Waals surface area contributed by atoms with Gasteiger partial charge < -0.3 is 15.5 Å². The molecule has 0 bridgehead atoms. The van der Waals surface area contributed by atoms with Crippen molar-refractivity contribution in [3.8, 4) is 0 Å². The van der Waals surface area contributed by atoms with Crippen LogP contribution in [0.15, 0.2) is 28.7 Å². The largest absolute Gasteiger partial charge is 0.368 e. The van der Waals surface area contributed by atoms with Crippen LogP contribution in [0.25, 0.3) is 0 Å². The lowest BCUT2D eigenvalue weighted by atomic mass is 10.1. The Morgan fingerprint density at radius 1 is 1.30 bits per heavy atom. The van der Waals surface area contributed by atoms with E-state index in [0.29, 0.717) is 12.5 Å². The fraction of sp³-hybridized carbons (Fsp3) is 0.562. The highest BCUT2D eigenvalue weighted by Crippen LogP contribution is 2.28. The van der Waals surface area contributed by atoms with Gasteiger partial charge in [0.05, 0.1) is 5.69 Å². The molecule has 2 unspecified atom stereocenters. The third-order valence-corrected chi connectivity index (χ3v) is 5.01. The highest BCUT2D eigenvalue weighted by Gasteiger charge is 2.26. The van der Waals surface area contributed by atoms with Gasteiger partial charge in [0.2, 0.25) is 5.91 Å². The molecular weight excluding hydrogens is 401 g/mol. The minimum atomic E-state index is 0. The van der Waals surface area contributed by atoms with Gasteiger partial charge >= 0.3 is 0 Å². The molecule has 4 nitrogen and oxygen atoms in total. The third-order valence-electron chi connectivity index (χ3n) is 4.34. The number of amides is 1. The standard InChI is InChI=1S/C16H22BrN3O.2ClH/c17-14-5-1-2-6-15(14)20-9-7-13(11-20)19-16(21)10-12-4-3-8-18-12;;/h1-2,5-6,12-13,18H,3-4,7-11H2,(H,19,21);2*1H. The van der Waals surface area contributed by atoms with Crippen molar-refractivity contribution in [3.05, 3.63) is 28.7 Å². The number of carbonyl (C=O) groups is 1.